The van der Waals surface area contributed by atoms with E-state index in [0.717, 1.165) is 5.56 Å². The zero-order chi connectivity index (χ0) is 13.0. The first kappa shape index (κ1) is 12.2. The summed E-state index contributed by atoms with van der Waals surface area (Å²) in [5.41, 5.74) is 1.74. The number of pyridine rings is 1. The fraction of sp³-hybridized carbons (Fsp3) is 0.231. The number of hydrogen-bond donors (Lipinski definition) is 1. The Morgan fingerprint density at radius 3 is 2.83 bits per heavy atom. The molecule has 0 fully saturated rings. The molecular weight excluding hydrogens is 230 g/mol. The molecule has 2 aromatic rings. The minimum absolute atomic E-state index is 0.174. The minimum atomic E-state index is -0.986. The SMILES string of the molecule is CCc1nc(Cc2cccnc2)ncc1C(=O)O. The molecule has 5 nitrogen and oxygen atoms in total. The Labute approximate surface area is 105 Å². The Balaban J connectivity index is 2.28. The Morgan fingerprint density at radius 2 is 2.22 bits per heavy atom. The summed E-state index contributed by atoms with van der Waals surface area (Å²) in [4.78, 5) is 23.4. The smallest absolute Gasteiger partial charge is 0.339 e. The molecule has 5 heteroatoms. The van der Waals surface area contributed by atoms with Crippen molar-refractivity contribution in [2.45, 2.75) is 19.8 Å². The summed E-state index contributed by atoms with van der Waals surface area (Å²) >= 11 is 0. The van der Waals surface area contributed by atoms with E-state index < -0.39 is 5.97 Å². The van der Waals surface area contributed by atoms with Crippen LogP contribution >= 0.6 is 0 Å². The molecule has 0 unspecified atom stereocenters. The first-order valence-corrected chi connectivity index (χ1v) is 5.67. The standard InChI is InChI=1S/C13H13N3O2/c1-2-11-10(13(17)18)8-15-12(16-11)6-9-4-3-5-14-7-9/h3-5,7-8H,2,6H2,1H3,(H,17,18). The van der Waals surface area contributed by atoms with Gasteiger partial charge in [-0.05, 0) is 18.1 Å². The summed E-state index contributed by atoms with van der Waals surface area (Å²) in [6.07, 6.45) is 5.96. The monoisotopic (exact) mass is 243 g/mol. The average molecular weight is 243 g/mol. The summed E-state index contributed by atoms with van der Waals surface area (Å²) in [5.74, 6) is -0.371. The number of hydrogen-bond acceptors (Lipinski definition) is 4. The van der Waals surface area contributed by atoms with E-state index in [-0.39, 0.29) is 5.56 Å². The van der Waals surface area contributed by atoms with Gasteiger partial charge in [0.05, 0.1) is 11.3 Å². The lowest BCUT2D eigenvalue weighted by Gasteiger charge is -2.05. The number of aromatic carboxylic acids is 1. The molecular formula is C13H13N3O2. The van der Waals surface area contributed by atoms with Gasteiger partial charge in [-0.3, -0.25) is 4.98 Å². The predicted molar refractivity (Wildman–Crippen MR) is 65.4 cm³/mol. The van der Waals surface area contributed by atoms with E-state index in [1.165, 1.54) is 6.20 Å². The van der Waals surface area contributed by atoms with Crippen molar-refractivity contribution in [1.29, 1.82) is 0 Å². The van der Waals surface area contributed by atoms with Crippen molar-refractivity contribution in [3.05, 3.63) is 53.4 Å². The highest BCUT2D eigenvalue weighted by molar-refractivity contribution is 5.88. The highest BCUT2D eigenvalue weighted by atomic mass is 16.4. The number of carboxylic acid groups (broad SMARTS) is 1. The normalized spacial score (nSPS) is 10.3. The molecule has 92 valence electrons. The van der Waals surface area contributed by atoms with Crippen molar-refractivity contribution in [2.75, 3.05) is 0 Å². The summed E-state index contributed by atoms with van der Waals surface area (Å²) in [6.45, 7) is 1.88. The van der Waals surface area contributed by atoms with Crippen LogP contribution in [0.4, 0.5) is 0 Å². The molecule has 0 spiro atoms. The van der Waals surface area contributed by atoms with Crippen molar-refractivity contribution in [3.63, 3.8) is 0 Å². The van der Waals surface area contributed by atoms with Gasteiger partial charge in [-0.25, -0.2) is 14.8 Å². The van der Waals surface area contributed by atoms with Gasteiger partial charge in [0, 0.05) is 25.0 Å². The van der Waals surface area contributed by atoms with Crippen LogP contribution in [0.5, 0.6) is 0 Å². The quantitative estimate of drug-likeness (QED) is 0.884. The molecule has 18 heavy (non-hydrogen) atoms. The van der Waals surface area contributed by atoms with E-state index in [1.807, 2.05) is 19.1 Å². The molecule has 0 aromatic carbocycles. The Kier molecular flexibility index (Phi) is 3.62. The third-order valence-corrected chi connectivity index (χ3v) is 2.57. The second-order valence-electron chi connectivity index (χ2n) is 3.84. The minimum Gasteiger partial charge on any atom is -0.478 e. The fourth-order valence-corrected chi connectivity index (χ4v) is 1.68. The van der Waals surface area contributed by atoms with E-state index in [1.54, 1.807) is 12.4 Å². The second kappa shape index (κ2) is 5.35. The van der Waals surface area contributed by atoms with Crippen molar-refractivity contribution < 1.29 is 9.90 Å². The van der Waals surface area contributed by atoms with Crippen LogP contribution in [0.25, 0.3) is 0 Å². The first-order chi connectivity index (χ1) is 8.70. The highest BCUT2D eigenvalue weighted by Gasteiger charge is 2.12. The molecule has 1 N–H and O–H groups in total. The molecule has 0 aliphatic rings. The molecule has 0 aliphatic carbocycles. The van der Waals surface area contributed by atoms with Crippen LogP contribution < -0.4 is 0 Å². The molecule has 2 aromatic heterocycles. The molecule has 0 saturated heterocycles. The lowest BCUT2D eigenvalue weighted by Crippen LogP contribution is -2.08. The van der Waals surface area contributed by atoms with Crippen LogP contribution in [-0.4, -0.2) is 26.0 Å². The Bertz CT molecular complexity index is 555. The van der Waals surface area contributed by atoms with E-state index in [4.69, 9.17) is 5.11 Å². The molecule has 0 radical (unpaired) electrons. The van der Waals surface area contributed by atoms with Crippen LogP contribution in [0.2, 0.25) is 0 Å². The van der Waals surface area contributed by atoms with Gasteiger partial charge in [-0.2, -0.15) is 0 Å². The Morgan fingerprint density at radius 1 is 1.39 bits per heavy atom. The lowest BCUT2D eigenvalue weighted by molar-refractivity contribution is 0.0694. The van der Waals surface area contributed by atoms with Crippen LogP contribution in [0, 0.1) is 0 Å². The molecule has 2 heterocycles. The maximum atomic E-state index is 11.0. The summed E-state index contributed by atoms with van der Waals surface area (Å²) < 4.78 is 0. The molecule has 2 rings (SSSR count). The molecule has 0 atom stereocenters. The number of nitrogens with zero attached hydrogens (tertiary/aromatic N) is 3. The number of aromatic nitrogens is 3. The van der Waals surface area contributed by atoms with Gasteiger partial charge in [-0.15, -0.1) is 0 Å². The van der Waals surface area contributed by atoms with Crippen LogP contribution in [0.1, 0.15) is 34.4 Å². The third kappa shape index (κ3) is 2.68. The van der Waals surface area contributed by atoms with E-state index >= 15 is 0 Å². The maximum Gasteiger partial charge on any atom is 0.339 e. The summed E-state index contributed by atoms with van der Waals surface area (Å²) in [7, 11) is 0. The lowest BCUT2D eigenvalue weighted by atomic mass is 10.1. The first-order valence-electron chi connectivity index (χ1n) is 5.67. The van der Waals surface area contributed by atoms with Crippen LogP contribution in [0.3, 0.4) is 0 Å². The van der Waals surface area contributed by atoms with Gasteiger partial charge in [0.25, 0.3) is 0 Å². The van der Waals surface area contributed by atoms with Gasteiger partial charge in [0.15, 0.2) is 0 Å². The third-order valence-electron chi connectivity index (χ3n) is 2.57. The van der Waals surface area contributed by atoms with Crippen molar-refractivity contribution >= 4 is 5.97 Å². The number of aryl methyl sites for hydroxylation is 1. The average Bonchev–Trinajstić information content (AvgIpc) is 2.39. The van der Waals surface area contributed by atoms with Crippen LogP contribution in [-0.2, 0) is 12.8 Å². The molecule has 0 bridgehead atoms. The van der Waals surface area contributed by atoms with Gasteiger partial charge in [0.1, 0.15) is 5.82 Å². The van der Waals surface area contributed by atoms with E-state index in [0.29, 0.717) is 24.4 Å². The van der Waals surface area contributed by atoms with E-state index in [2.05, 4.69) is 15.0 Å². The van der Waals surface area contributed by atoms with Gasteiger partial charge in [-0.1, -0.05) is 13.0 Å². The maximum absolute atomic E-state index is 11.0. The topological polar surface area (TPSA) is 76.0 Å². The largest absolute Gasteiger partial charge is 0.478 e. The van der Waals surface area contributed by atoms with Gasteiger partial charge in [0.2, 0.25) is 0 Å². The van der Waals surface area contributed by atoms with Crippen molar-refractivity contribution in [2.24, 2.45) is 0 Å². The highest BCUT2D eigenvalue weighted by Crippen LogP contribution is 2.09. The summed E-state index contributed by atoms with van der Waals surface area (Å²) in [6, 6.07) is 3.79. The summed E-state index contributed by atoms with van der Waals surface area (Å²) in [5, 5.41) is 8.99. The molecule has 0 saturated carbocycles. The molecule has 0 amide bonds. The van der Waals surface area contributed by atoms with E-state index in [9.17, 15) is 4.79 Å². The van der Waals surface area contributed by atoms with Gasteiger partial charge >= 0.3 is 5.97 Å². The number of rotatable bonds is 4. The second-order valence-corrected chi connectivity index (χ2v) is 3.84. The Hall–Kier alpha value is -2.30. The fourth-order valence-electron chi connectivity index (χ4n) is 1.68. The van der Waals surface area contributed by atoms with Gasteiger partial charge < -0.3 is 5.11 Å². The van der Waals surface area contributed by atoms with Crippen molar-refractivity contribution in [1.82, 2.24) is 15.0 Å². The zero-order valence-corrected chi connectivity index (χ0v) is 10.00. The molecule has 0 aliphatic heterocycles. The number of carboxylic acids is 1. The van der Waals surface area contributed by atoms with Crippen LogP contribution in [0.15, 0.2) is 30.7 Å². The predicted octanol–water partition coefficient (Wildman–Crippen LogP) is 1.72. The number of carbonyl (C=O) groups is 1. The zero-order valence-electron chi connectivity index (χ0n) is 10.00. The van der Waals surface area contributed by atoms with Crippen molar-refractivity contribution in [3.8, 4) is 0 Å².